The predicted octanol–water partition coefficient (Wildman–Crippen LogP) is 4.79. The normalized spacial score (nSPS) is 10.9. The van der Waals surface area contributed by atoms with Gasteiger partial charge >= 0.3 is 0 Å². The second kappa shape index (κ2) is 4.91. The number of hydrogen-bond acceptors (Lipinski definition) is 4. The van der Waals surface area contributed by atoms with Crippen molar-refractivity contribution in [3.63, 3.8) is 0 Å². The van der Waals surface area contributed by atoms with Crippen LogP contribution in [0.3, 0.4) is 0 Å². The molecular formula is C13H9BrN2S2. The molecule has 0 fully saturated rings. The summed E-state index contributed by atoms with van der Waals surface area (Å²) < 4.78 is 3.26. The number of halogens is 1. The highest BCUT2D eigenvalue weighted by Gasteiger charge is 2.05. The van der Waals surface area contributed by atoms with E-state index in [1.807, 2.05) is 30.3 Å². The summed E-state index contributed by atoms with van der Waals surface area (Å²) in [6.45, 7) is 0. The maximum absolute atomic E-state index is 5.77. The van der Waals surface area contributed by atoms with Crippen molar-refractivity contribution < 1.29 is 0 Å². The summed E-state index contributed by atoms with van der Waals surface area (Å²) in [6, 6.07) is 14.0. The molecule has 0 atom stereocenters. The quantitative estimate of drug-likeness (QED) is 0.683. The minimum absolute atomic E-state index is 0.784. The Morgan fingerprint density at radius 1 is 1.11 bits per heavy atom. The predicted molar refractivity (Wildman–Crippen MR) is 82.3 cm³/mol. The molecule has 5 heteroatoms. The molecule has 3 aromatic rings. The third-order valence-corrected chi connectivity index (χ3v) is 5.03. The van der Waals surface area contributed by atoms with Crippen LogP contribution in [0.4, 0.5) is 5.69 Å². The van der Waals surface area contributed by atoms with Gasteiger partial charge in [0.25, 0.3) is 0 Å². The fraction of sp³-hybridized carbons (Fsp3) is 0. The molecule has 0 aliphatic heterocycles. The Balaban J connectivity index is 1.92. The third kappa shape index (κ3) is 2.53. The van der Waals surface area contributed by atoms with E-state index in [2.05, 4.69) is 33.0 Å². The van der Waals surface area contributed by atoms with Crippen LogP contribution in [0.15, 0.2) is 56.2 Å². The SMILES string of the molecule is Nc1ccc2nc(Sc3ccc(Br)cc3)sc2c1. The van der Waals surface area contributed by atoms with Gasteiger partial charge in [-0.15, -0.1) is 11.3 Å². The molecule has 0 saturated carbocycles. The molecule has 0 spiro atoms. The number of hydrogen-bond donors (Lipinski definition) is 1. The van der Waals surface area contributed by atoms with Gasteiger partial charge in [0.2, 0.25) is 0 Å². The Labute approximate surface area is 121 Å². The first-order valence-electron chi connectivity index (χ1n) is 5.30. The van der Waals surface area contributed by atoms with Crippen LogP contribution in [-0.4, -0.2) is 4.98 Å². The number of anilines is 1. The Kier molecular flexibility index (Phi) is 3.28. The highest BCUT2D eigenvalue weighted by atomic mass is 79.9. The number of benzene rings is 2. The topological polar surface area (TPSA) is 38.9 Å². The first-order valence-corrected chi connectivity index (χ1v) is 7.73. The van der Waals surface area contributed by atoms with Gasteiger partial charge in [0, 0.05) is 15.1 Å². The fourth-order valence-corrected chi connectivity index (χ4v) is 3.92. The molecule has 0 aliphatic rings. The first kappa shape index (κ1) is 12.0. The van der Waals surface area contributed by atoms with E-state index in [0.29, 0.717) is 0 Å². The molecule has 0 radical (unpaired) electrons. The van der Waals surface area contributed by atoms with Crippen LogP contribution < -0.4 is 5.73 Å². The smallest absolute Gasteiger partial charge is 0.155 e. The van der Waals surface area contributed by atoms with Crippen molar-refractivity contribution in [2.45, 2.75) is 9.24 Å². The van der Waals surface area contributed by atoms with E-state index in [1.54, 1.807) is 23.1 Å². The maximum atomic E-state index is 5.77. The van der Waals surface area contributed by atoms with E-state index < -0.39 is 0 Å². The zero-order valence-electron chi connectivity index (χ0n) is 9.26. The largest absolute Gasteiger partial charge is 0.399 e. The lowest BCUT2D eigenvalue weighted by Crippen LogP contribution is -1.81. The standard InChI is InChI=1S/C13H9BrN2S2/c14-8-1-4-10(5-2-8)17-13-16-11-6-3-9(15)7-12(11)18-13/h1-7H,15H2. The summed E-state index contributed by atoms with van der Waals surface area (Å²) in [7, 11) is 0. The molecule has 2 N–H and O–H groups in total. The molecule has 0 amide bonds. The van der Waals surface area contributed by atoms with E-state index in [9.17, 15) is 0 Å². The van der Waals surface area contributed by atoms with Crippen molar-refractivity contribution in [3.05, 3.63) is 46.9 Å². The van der Waals surface area contributed by atoms with Gasteiger partial charge in [-0.1, -0.05) is 27.7 Å². The van der Waals surface area contributed by atoms with Crippen LogP contribution in [0.5, 0.6) is 0 Å². The second-order valence-electron chi connectivity index (χ2n) is 3.76. The van der Waals surface area contributed by atoms with Gasteiger partial charge < -0.3 is 5.73 Å². The summed E-state index contributed by atoms with van der Waals surface area (Å²) in [5, 5.41) is 0. The number of fused-ring (bicyclic) bond motifs is 1. The summed E-state index contributed by atoms with van der Waals surface area (Å²) >= 11 is 6.78. The molecule has 2 nitrogen and oxygen atoms in total. The van der Waals surface area contributed by atoms with Crippen molar-refractivity contribution in [1.82, 2.24) is 4.98 Å². The number of nitrogens with two attached hydrogens (primary N) is 1. The zero-order valence-corrected chi connectivity index (χ0v) is 12.5. The number of aromatic nitrogens is 1. The molecule has 2 aromatic carbocycles. The van der Waals surface area contributed by atoms with E-state index in [0.717, 1.165) is 24.7 Å². The summed E-state index contributed by atoms with van der Waals surface area (Å²) in [5.74, 6) is 0. The number of nitrogen functional groups attached to an aromatic ring is 1. The average Bonchev–Trinajstić information content (AvgIpc) is 2.73. The number of thiazole rings is 1. The van der Waals surface area contributed by atoms with Crippen molar-refractivity contribution in [2.75, 3.05) is 5.73 Å². The monoisotopic (exact) mass is 336 g/mol. The lowest BCUT2D eigenvalue weighted by Gasteiger charge is -1.96. The fourth-order valence-electron chi connectivity index (χ4n) is 1.57. The van der Waals surface area contributed by atoms with Crippen molar-refractivity contribution in [1.29, 1.82) is 0 Å². The van der Waals surface area contributed by atoms with Crippen molar-refractivity contribution in [3.8, 4) is 0 Å². The van der Waals surface area contributed by atoms with Crippen LogP contribution >= 0.6 is 39.0 Å². The van der Waals surface area contributed by atoms with Gasteiger partial charge in [0.15, 0.2) is 4.34 Å². The third-order valence-electron chi connectivity index (χ3n) is 2.41. The molecule has 0 saturated heterocycles. The van der Waals surface area contributed by atoms with Gasteiger partial charge in [0.05, 0.1) is 10.2 Å². The van der Waals surface area contributed by atoms with Gasteiger partial charge in [0.1, 0.15) is 0 Å². The number of nitrogens with zero attached hydrogens (tertiary/aromatic N) is 1. The minimum atomic E-state index is 0.784. The summed E-state index contributed by atoms with van der Waals surface area (Å²) in [5.41, 5.74) is 7.56. The number of rotatable bonds is 2. The van der Waals surface area contributed by atoms with E-state index in [4.69, 9.17) is 5.73 Å². The Morgan fingerprint density at radius 3 is 2.67 bits per heavy atom. The molecule has 90 valence electrons. The highest BCUT2D eigenvalue weighted by Crippen LogP contribution is 2.35. The van der Waals surface area contributed by atoms with E-state index in [1.165, 1.54) is 4.90 Å². The lowest BCUT2D eigenvalue weighted by atomic mass is 10.3. The molecular weight excluding hydrogens is 328 g/mol. The van der Waals surface area contributed by atoms with Crippen LogP contribution in [0.2, 0.25) is 0 Å². The zero-order chi connectivity index (χ0) is 12.5. The minimum Gasteiger partial charge on any atom is -0.399 e. The van der Waals surface area contributed by atoms with Crippen LogP contribution in [0.1, 0.15) is 0 Å². The lowest BCUT2D eigenvalue weighted by molar-refractivity contribution is 1.29. The second-order valence-corrected chi connectivity index (χ2v) is 7.03. The molecule has 1 aromatic heterocycles. The molecule has 1 heterocycles. The van der Waals surface area contributed by atoms with Crippen molar-refractivity contribution >= 4 is 54.9 Å². The molecule has 3 rings (SSSR count). The molecule has 18 heavy (non-hydrogen) atoms. The first-order chi connectivity index (χ1) is 8.70. The van der Waals surface area contributed by atoms with E-state index >= 15 is 0 Å². The van der Waals surface area contributed by atoms with Gasteiger partial charge in [-0.05, 0) is 42.5 Å². The summed E-state index contributed by atoms with van der Waals surface area (Å²) in [4.78, 5) is 5.77. The van der Waals surface area contributed by atoms with Crippen LogP contribution in [-0.2, 0) is 0 Å². The van der Waals surface area contributed by atoms with Gasteiger partial charge in [-0.3, -0.25) is 0 Å². The maximum Gasteiger partial charge on any atom is 0.155 e. The van der Waals surface area contributed by atoms with Gasteiger partial charge in [-0.25, -0.2) is 4.98 Å². The Morgan fingerprint density at radius 2 is 1.89 bits per heavy atom. The van der Waals surface area contributed by atoms with Crippen molar-refractivity contribution in [2.24, 2.45) is 0 Å². The highest BCUT2D eigenvalue weighted by molar-refractivity contribution is 9.10. The Hall–Kier alpha value is -1.04. The van der Waals surface area contributed by atoms with Crippen LogP contribution in [0.25, 0.3) is 10.2 Å². The molecule has 0 unspecified atom stereocenters. The van der Waals surface area contributed by atoms with Crippen LogP contribution in [0, 0.1) is 0 Å². The molecule has 0 aliphatic carbocycles. The Bertz CT molecular complexity index is 692. The summed E-state index contributed by atoms with van der Waals surface area (Å²) in [6.07, 6.45) is 0. The molecule has 0 bridgehead atoms. The van der Waals surface area contributed by atoms with Gasteiger partial charge in [-0.2, -0.15) is 0 Å². The average molecular weight is 337 g/mol. The van der Waals surface area contributed by atoms with E-state index in [-0.39, 0.29) is 0 Å².